The highest BCUT2D eigenvalue weighted by Gasteiger charge is 2.21. The number of aryl methyl sites for hydroxylation is 2. The number of likely N-dealkylation sites (tertiary alicyclic amines) is 1. The Morgan fingerprint density at radius 1 is 1.33 bits per heavy atom. The Bertz CT molecular complexity index is 761. The van der Waals surface area contributed by atoms with Gasteiger partial charge in [-0.3, -0.25) is 0 Å². The van der Waals surface area contributed by atoms with Crippen LogP contribution < -0.4 is 0 Å². The van der Waals surface area contributed by atoms with Crippen molar-refractivity contribution in [3.63, 3.8) is 0 Å². The van der Waals surface area contributed by atoms with Gasteiger partial charge in [0.05, 0.1) is 5.52 Å². The number of carboxylic acid groups (broad SMARTS) is 1. The number of aromatic carboxylic acids is 1. The summed E-state index contributed by atoms with van der Waals surface area (Å²) in [6, 6.07) is 6.25. The third-order valence-corrected chi connectivity index (χ3v) is 5.46. The van der Waals surface area contributed by atoms with E-state index in [2.05, 4.69) is 37.9 Å². The van der Waals surface area contributed by atoms with E-state index in [0.29, 0.717) is 11.6 Å². The molecule has 1 N–H and O–H groups in total. The predicted octanol–water partition coefficient (Wildman–Crippen LogP) is 3.88. The number of aromatic nitrogens is 1. The van der Waals surface area contributed by atoms with Crippen LogP contribution in [0.1, 0.15) is 54.2 Å². The van der Waals surface area contributed by atoms with Crippen LogP contribution in [0.25, 0.3) is 10.9 Å². The number of rotatable bonds is 5. The SMILES string of the molecule is CC(C)c1ccc(CCC2CCN(C)C2)c2c1cc(C(=O)O)n2C. The first-order chi connectivity index (χ1) is 11.4. The van der Waals surface area contributed by atoms with Gasteiger partial charge in [0.15, 0.2) is 0 Å². The fourth-order valence-corrected chi connectivity index (χ4v) is 4.10. The van der Waals surface area contributed by atoms with E-state index in [1.807, 2.05) is 17.7 Å². The Labute approximate surface area is 144 Å². The maximum Gasteiger partial charge on any atom is 0.352 e. The molecule has 0 saturated carbocycles. The van der Waals surface area contributed by atoms with Crippen molar-refractivity contribution in [1.82, 2.24) is 9.47 Å². The number of carboxylic acids is 1. The summed E-state index contributed by atoms with van der Waals surface area (Å²) in [5.41, 5.74) is 3.99. The summed E-state index contributed by atoms with van der Waals surface area (Å²) in [5, 5.41) is 10.6. The van der Waals surface area contributed by atoms with Crippen LogP contribution in [0.3, 0.4) is 0 Å². The average Bonchev–Trinajstić information content (AvgIpc) is 3.09. The molecule has 0 aliphatic carbocycles. The van der Waals surface area contributed by atoms with Crippen LogP contribution in [-0.2, 0) is 13.5 Å². The molecule has 1 fully saturated rings. The van der Waals surface area contributed by atoms with Crippen LogP contribution in [0.4, 0.5) is 0 Å². The van der Waals surface area contributed by atoms with Gasteiger partial charge in [0.2, 0.25) is 0 Å². The van der Waals surface area contributed by atoms with Crippen molar-refractivity contribution < 1.29 is 9.90 Å². The van der Waals surface area contributed by atoms with Crippen molar-refractivity contribution >= 4 is 16.9 Å². The van der Waals surface area contributed by atoms with E-state index in [1.165, 1.54) is 37.1 Å². The normalized spacial score (nSPS) is 18.8. The zero-order chi connectivity index (χ0) is 17.4. The Hall–Kier alpha value is -1.81. The van der Waals surface area contributed by atoms with Crippen LogP contribution in [0, 0.1) is 5.92 Å². The van der Waals surface area contributed by atoms with E-state index in [0.717, 1.165) is 23.2 Å². The van der Waals surface area contributed by atoms with Gasteiger partial charge in [-0.25, -0.2) is 4.79 Å². The molecular formula is C20H28N2O2. The number of benzene rings is 1. The van der Waals surface area contributed by atoms with Gasteiger partial charge < -0.3 is 14.6 Å². The van der Waals surface area contributed by atoms with Crippen LogP contribution in [0.15, 0.2) is 18.2 Å². The molecule has 1 atom stereocenters. The number of carbonyl (C=O) groups is 1. The van der Waals surface area contributed by atoms with Crippen molar-refractivity contribution in [2.45, 2.75) is 39.0 Å². The Morgan fingerprint density at radius 3 is 2.67 bits per heavy atom. The highest BCUT2D eigenvalue weighted by molar-refractivity contribution is 5.97. The van der Waals surface area contributed by atoms with E-state index in [4.69, 9.17) is 0 Å². The molecule has 2 aromatic rings. The summed E-state index contributed by atoms with van der Waals surface area (Å²) < 4.78 is 1.86. The van der Waals surface area contributed by atoms with Gasteiger partial charge in [-0.1, -0.05) is 26.0 Å². The van der Waals surface area contributed by atoms with Gasteiger partial charge in [0.1, 0.15) is 5.69 Å². The molecule has 1 saturated heterocycles. The summed E-state index contributed by atoms with van der Waals surface area (Å²) in [6.07, 6.45) is 3.47. The Kier molecular flexibility index (Phi) is 4.68. The molecule has 0 spiro atoms. The summed E-state index contributed by atoms with van der Waals surface area (Å²) >= 11 is 0. The van der Waals surface area contributed by atoms with Crippen molar-refractivity contribution in [2.24, 2.45) is 13.0 Å². The van der Waals surface area contributed by atoms with Gasteiger partial charge in [-0.15, -0.1) is 0 Å². The molecule has 0 bridgehead atoms. The number of hydrogen-bond acceptors (Lipinski definition) is 2. The van der Waals surface area contributed by atoms with Gasteiger partial charge in [0.25, 0.3) is 0 Å². The van der Waals surface area contributed by atoms with Gasteiger partial charge >= 0.3 is 5.97 Å². The monoisotopic (exact) mass is 328 g/mol. The number of nitrogens with zero attached hydrogens (tertiary/aromatic N) is 2. The first-order valence-corrected chi connectivity index (χ1v) is 8.91. The first-order valence-electron chi connectivity index (χ1n) is 8.91. The quantitative estimate of drug-likeness (QED) is 0.906. The van der Waals surface area contributed by atoms with E-state index in [9.17, 15) is 9.90 Å². The van der Waals surface area contributed by atoms with E-state index in [1.54, 1.807) is 0 Å². The molecule has 1 aromatic carbocycles. The van der Waals surface area contributed by atoms with E-state index < -0.39 is 5.97 Å². The molecule has 24 heavy (non-hydrogen) atoms. The minimum absolute atomic E-state index is 0.375. The Morgan fingerprint density at radius 2 is 2.08 bits per heavy atom. The number of fused-ring (bicyclic) bond motifs is 1. The van der Waals surface area contributed by atoms with Crippen LogP contribution in [-0.4, -0.2) is 40.7 Å². The molecule has 1 unspecified atom stereocenters. The van der Waals surface area contributed by atoms with Crippen molar-refractivity contribution in [3.05, 3.63) is 35.0 Å². The molecule has 0 amide bonds. The first kappa shape index (κ1) is 17.0. The van der Waals surface area contributed by atoms with Crippen LogP contribution in [0.5, 0.6) is 0 Å². The molecule has 1 aliphatic rings. The molecular weight excluding hydrogens is 300 g/mol. The molecule has 130 valence electrons. The standard InChI is InChI=1S/C20H28N2O2/c1-13(2)16-8-7-15(6-5-14-9-10-21(3)12-14)19-17(16)11-18(20(23)24)22(19)4/h7-8,11,13-14H,5-6,9-10,12H2,1-4H3,(H,23,24). The summed E-state index contributed by atoms with van der Waals surface area (Å²) in [4.78, 5) is 14.0. The third kappa shape index (κ3) is 3.07. The second-order valence-corrected chi connectivity index (χ2v) is 7.58. The lowest BCUT2D eigenvalue weighted by molar-refractivity contribution is 0.0687. The Balaban J connectivity index is 1.98. The second kappa shape index (κ2) is 6.60. The minimum atomic E-state index is -0.855. The van der Waals surface area contributed by atoms with Crippen molar-refractivity contribution in [2.75, 3.05) is 20.1 Å². The van der Waals surface area contributed by atoms with E-state index in [-0.39, 0.29) is 0 Å². The zero-order valence-electron chi connectivity index (χ0n) is 15.2. The zero-order valence-corrected chi connectivity index (χ0v) is 15.2. The maximum atomic E-state index is 11.6. The topological polar surface area (TPSA) is 45.5 Å². The lowest BCUT2D eigenvalue weighted by Gasteiger charge is -2.14. The smallest absolute Gasteiger partial charge is 0.352 e. The minimum Gasteiger partial charge on any atom is -0.477 e. The largest absolute Gasteiger partial charge is 0.477 e. The maximum absolute atomic E-state index is 11.6. The summed E-state index contributed by atoms with van der Waals surface area (Å²) in [5.74, 6) is 0.287. The van der Waals surface area contributed by atoms with Gasteiger partial charge in [-0.05, 0) is 61.9 Å². The second-order valence-electron chi connectivity index (χ2n) is 7.58. The molecule has 0 radical (unpaired) electrons. The van der Waals surface area contributed by atoms with Crippen molar-refractivity contribution in [1.29, 1.82) is 0 Å². The molecule has 1 aromatic heterocycles. The molecule has 1 aliphatic heterocycles. The summed E-state index contributed by atoms with van der Waals surface area (Å²) in [7, 11) is 4.06. The third-order valence-electron chi connectivity index (χ3n) is 5.46. The van der Waals surface area contributed by atoms with Crippen molar-refractivity contribution in [3.8, 4) is 0 Å². The average molecular weight is 328 g/mol. The van der Waals surface area contributed by atoms with Gasteiger partial charge in [0, 0.05) is 19.0 Å². The van der Waals surface area contributed by atoms with E-state index >= 15 is 0 Å². The predicted molar refractivity (Wildman–Crippen MR) is 97.9 cm³/mol. The van der Waals surface area contributed by atoms with Gasteiger partial charge in [-0.2, -0.15) is 0 Å². The lowest BCUT2D eigenvalue weighted by atomic mass is 9.93. The van der Waals surface area contributed by atoms with Crippen LogP contribution in [0.2, 0.25) is 0 Å². The number of hydrogen-bond donors (Lipinski definition) is 1. The molecule has 2 heterocycles. The lowest BCUT2D eigenvalue weighted by Crippen LogP contribution is -2.14. The highest BCUT2D eigenvalue weighted by Crippen LogP contribution is 2.32. The fraction of sp³-hybridized carbons (Fsp3) is 0.550. The van der Waals surface area contributed by atoms with Crippen LogP contribution >= 0.6 is 0 Å². The molecule has 4 heteroatoms. The molecule has 3 rings (SSSR count). The highest BCUT2D eigenvalue weighted by atomic mass is 16.4. The fourth-order valence-electron chi connectivity index (χ4n) is 4.10. The molecule has 4 nitrogen and oxygen atoms in total. The summed E-state index contributed by atoms with van der Waals surface area (Å²) in [6.45, 7) is 6.70.